The van der Waals surface area contributed by atoms with E-state index in [0.717, 1.165) is 21.8 Å². The second kappa shape index (κ2) is 7.09. The molecular formula is C19H17ClN6. The van der Waals surface area contributed by atoms with Gasteiger partial charge in [0.25, 0.3) is 0 Å². The first-order valence-electron chi connectivity index (χ1n) is 8.29. The minimum Gasteiger partial charge on any atom is -0.364 e. The number of nitrogens with zero attached hydrogens (tertiary/aromatic N) is 5. The van der Waals surface area contributed by atoms with Gasteiger partial charge in [-0.15, -0.1) is 5.10 Å². The average molecular weight is 365 g/mol. The molecule has 4 aromatic rings. The Morgan fingerprint density at radius 3 is 2.50 bits per heavy atom. The van der Waals surface area contributed by atoms with Crippen molar-refractivity contribution in [2.45, 2.75) is 20.0 Å². The van der Waals surface area contributed by atoms with E-state index in [0.29, 0.717) is 30.2 Å². The third-order valence-electron chi connectivity index (χ3n) is 4.02. The van der Waals surface area contributed by atoms with Gasteiger partial charge in [-0.1, -0.05) is 59.3 Å². The van der Waals surface area contributed by atoms with Crippen molar-refractivity contribution in [3.63, 3.8) is 0 Å². The van der Waals surface area contributed by atoms with Gasteiger partial charge in [-0.2, -0.15) is 0 Å². The number of halogens is 1. The standard InChI is InChI=1S/C19H17ClN6/c1-13-22-18(21-11-14-7-9-16(20)10-8-14)17-19(23-13)26(25-24-17)12-15-5-3-2-4-6-15/h2-10H,11-12H2,1H3,(H,21,22,23). The number of hydrogen-bond donors (Lipinski definition) is 1. The van der Waals surface area contributed by atoms with Crippen LogP contribution in [0.4, 0.5) is 5.82 Å². The van der Waals surface area contributed by atoms with Crippen molar-refractivity contribution >= 4 is 28.6 Å². The van der Waals surface area contributed by atoms with Gasteiger partial charge < -0.3 is 5.32 Å². The first-order chi connectivity index (χ1) is 12.7. The fourth-order valence-corrected chi connectivity index (χ4v) is 2.87. The summed E-state index contributed by atoms with van der Waals surface area (Å²) in [5, 5.41) is 12.6. The zero-order valence-electron chi connectivity index (χ0n) is 14.2. The summed E-state index contributed by atoms with van der Waals surface area (Å²) < 4.78 is 1.80. The smallest absolute Gasteiger partial charge is 0.184 e. The molecule has 130 valence electrons. The van der Waals surface area contributed by atoms with Gasteiger partial charge in [-0.25, -0.2) is 14.6 Å². The largest absolute Gasteiger partial charge is 0.364 e. The van der Waals surface area contributed by atoms with Gasteiger partial charge in [0, 0.05) is 11.6 Å². The Morgan fingerprint density at radius 1 is 0.962 bits per heavy atom. The number of aryl methyl sites for hydroxylation is 1. The molecule has 4 rings (SSSR count). The molecule has 2 heterocycles. The Labute approximate surface area is 155 Å². The molecule has 0 bridgehead atoms. The predicted octanol–water partition coefficient (Wildman–Crippen LogP) is 3.84. The van der Waals surface area contributed by atoms with E-state index in [9.17, 15) is 0 Å². The first kappa shape index (κ1) is 16.5. The molecule has 6 nitrogen and oxygen atoms in total. The summed E-state index contributed by atoms with van der Waals surface area (Å²) in [6, 6.07) is 17.8. The van der Waals surface area contributed by atoms with Crippen LogP contribution in [0.15, 0.2) is 54.6 Å². The summed E-state index contributed by atoms with van der Waals surface area (Å²) in [6.07, 6.45) is 0. The number of aromatic nitrogens is 5. The molecule has 0 unspecified atom stereocenters. The first-order valence-corrected chi connectivity index (χ1v) is 8.67. The van der Waals surface area contributed by atoms with E-state index in [1.165, 1.54) is 0 Å². The van der Waals surface area contributed by atoms with Crippen molar-refractivity contribution in [2.75, 3.05) is 5.32 Å². The molecule has 2 aromatic carbocycles. The molecule has 1 N–H and O–H groups in total. The van der Waals surface area contributed by atoms with Crippen LogP contribution in [0.5, 0.6) is 0 Å². The van der Waals surface area contributed by atoms with Crippen molar-refractivity contribution in [1.82, 2.24) is 25.0 Å². The lowest BCUT2D eigenvalue weighted by molar-refractivity contribution is 0.663. The normalized spacial score (nSPS) is 11.0. The van der Waals surface area contributed by atoms with Gasteiger partial charge in [0.05, 0.1) is 6.54 Å². The molecular weight excluding hydrogens is 348 g/mol. The predicted molar refractivity (Wildman–Crippen MR) is 102 cm³/mol. The summed E-state index contributed by atoms with van der Waals surface area (Å²) in [5.74, 6) is 1.36. The fraction of sp³-hybridized carbons (Fsp3) is 0.158. The molecule has 0 radical (unpaired) electrons. The highest BCUT2D eigenvalue weighted by molar-refractivity contribution is 6.30. The van der Waals surface area contributed by atoms with Crippen LogP contribution in [-0.2, 0) is 13.1 Å². The monoisotopic (exact) mass is 364 g/mol. The van der Waals surface area contributed by atoms with Crippen LogP contribution < -0.4 is 5.32 Å². The van der Waals surface area contributed by atoms with Crippen molar-refractivity contribution in [3.8, 4) is 0 Å². The fourth-order valence-electron chi connectivity index (χ4n) is 2.74. The summed E-state index contributed by atoms with van der Waals surface area (Å²) in [4.78, 5) is 9.02. The lowest BCUT2D eigenvalue weighted by atomic mass is 10.2. The lowest BCUT2D eigenvalue weighted by Gasteiger charge is -2.08. The average Bonchev–Trinajstić information content (AvgIpc) is 3.04. The zero-order chi connectivity index (χ0) is 17.9. The van der Waals surface area contributed by atoms with Crippen LogP contribution in [0, 0.1) is 6.92 Å². The molecule has 0 saturated carbocycles. The Bertz CT molecular complexity index is 1030. The summed E-state index contributed by atoms with van der Waals surface area (Å²) in [6.45, 7) is 3.10. The maximum atomic E-state index is 5.93. The summed E-state index contributed by atoms with van der Waals surface area (Å²) in [7, 11) is 0. The van der Waals surface area contributed by atoms with Gasteiger partial charge in [0.1, 0.15) is 5.82 Å². The molecule has 0 atom stereocenters. The van der Waals surface area contributed by atoms with E-state index < -0.39 is 0 Å². The van der Waals surface area contributed by atoms with Gasteiger partial charge >= 0.3 is 0 Å². The van der Waals surface area contributed by atoms with Crippen molar-refractivity contribution in [3.05, 3.63) is 76.6 Å². The van der Waals surface area contributed by atoms with Gasteiger partial charge in [-0.05, 0) is 30.2 Å². The SMILES string of the molecule is Cc1nc(NCc2ccc(Cl)cc2)c2nnn(Cc3ccccc3)c2n1. The minimum atomic E-state index is 0.615. The molecule has 0 saturated heterocycles. The Balaban J connectivity index is 1.62. The second-order valence-electron chi connectivity index (χ2n) is 6.00. The van der Waals surface area contributed by atoms with E-state index in [1.54, 1.807) is 4.68 Å². The van der Waals surface area contributed by atoms with E-state index in [4.69, 9.17) is 11.6 Å². The molecule has 0 spiro atoms. The minimum absolute atomic E-state index is 0.615. The van der Waals surface area contributed by atoms with Crippen molar-refractivity contribution in [2.24, 2.45) is 0 Å². The Hall–Kier alpha value is -2.99. The van der Waals surface area contributed by atoms with Crippen LogP contribution in [0.2, 0.25) is 5.02 Å². The zero-order valence-corrected chi connectivity index (χ0v) is 15.0. The molecule has 7 heteroatoms. The number of fused-ring (bicyclic) bond motifs is 1. The quantitative estimate of drug-likeness (QED) is 0.582. The molecule has 0 aliphatic rings. The summed E-state index contributed by atoms with van der Waals surface area (Å²) in [5.41, 5.74) is 3.64. The highest BCUT2D eigenvalue weighted by atomic mass is 35.5. The van der Waals surface area contributed by atoms with E-state index in [-0.39, 0.29) is 0 Å². The van der Waals surface area contributed by atoms with Crippen LogP contribution in [-0.4, -0.2) is 25.0 Å². The second-order valence-corrected chi connectivity index (χ2v) is 6.44. The van der Waals surface area contributed by atoms with Gasteiger partial charge in [0.2, 0.25) is 0 Å². The van der Waals surface area contributed by atoms with E-state index >= 15 is 0 Å². The van der Waals surface area contributed by atoms with E-state index in [1.807, 2.05) is 49.4 Å². The van der Waals surface area contributed by atoms with Crippen LogP contribution in [0.3, 0.4) is 0 Å². The third kappa shape index (κ3) is 3.50. The molecule has 26 heavy (non-hydrogen) atoms. The van der Waals surface area contributed by atoms with Gasteiger partial charge in [0.15, 0.2) is 17.0 Å². The topological polar surface area (TPSA) is 68.5 Å². The lowest BCUT2D eigenvalue weighted by Crippen LogP contribution is -2.06. The van der Waals surface area contributed by atoms with Crippen molar-refractivity contribution < 1.29 is 0 Å². The molecule has 0 fully saturated rings. The number of benzene rings is 2. The maximum absolute atomic E-state index is 5.93. The highest BCUT2D eigenvalue weighted by Gasteiger charge is 2.13. The number of rotatable bonds is 5. The van der Waals surface area contributed by atoms with Crippen LogP contribution in [0.25, 0.3) is 11.2 Å². The molecule has 0 aliphatic heterocycles. The van der Waals surface area contributed by atoms with E-state index in [2.05, 4.69) is 37.7 Å². The molecule has 2 aromatic heterocycles. The molecule has 0 aliphatic carbocycles. The maximum Gasteiger partial charge on any atom is 0.184 e. The summed E-state index contributed by atoms with van der Waals surface area (Å²) >= 11 is 5.93. The van der Waals surface area contributed by atoms with Crippen LogP contribution in [0.1, 0.15) is 17.0 Å². The van der Waals surface area contributed by atoms with Gasteiger partial charge in [-0.3, -0.25) is 0 Å². The number of nitrogens with one attached hydrogen (secondary N) is 1. The number of hydrogen-bond acceptors (Lipinski definition) is 5. The highest BCUT2D eigenvalue weighted by Crippen LogP contribution is 2.19. The molecule has 0 amide bonds. The van der Waals surface area contributed by atoms with Crippen molar-refractivity contribution in [1.29, 1.82) is 0 Å². The van der Waals surface area contributed by atoms with Crippen LogP contribution >= 0.6 is 11.6 Å². The Kier molecular flexibility index (Phi) is 4.50. The Morgan fingerprint density at radius 2 is 1.73 bits per heavy atom. The number of anilines is 1. The third-order valence-corrected chi connectivity index (χ3v) is 4.27.